The van der Waals surface area contributed by atoms with Gasteiger partial charge in [0.2, 0.25) is 10.0 Å². The molecule has 1 aromatic heterocycles. The molecule has 3 aromatic rings. The van der Waals surface area contributed by atoms with E-state index in [1.807, 2.05) is 62.4 Å². The van der Waals surface area contributed by atoms with E-state index in [9.17, 15) is 13.5 Å². The van der Waals surface area contributed by atoms with Crippen LogP contribution in [0.1, 0.15) is 28.6 Å². The van der Waals surface area contributed by atoms with E-state index < -0.39 is 22.2 Å². The van der Waals surface area contributed by atoms with Crippen LogP contribution in [-0.2, 0) is 16.4 Å². The second-order valence-electron chi connectivity index (χ2n) is 6.82. The quantitative estimate of drug-likeness (QED) is 0.620. The minimum atomic E-state index is -3.56. The Morgan fingerprint density at radius 3 is 2.32 bits per heavy atom. The lowest BCUT2D eigenvalue weighted by molar-refractivity contribution is 0.127. The number of hydrogen-bond donors (Lipinski definition) is 2. The molecule has 0 spiro atoms. The number of nitrogens with zero attached hydrogens (tertiary/aromatic N) is 4. The normalized spacial score (nSPS) is 14.0. The molecule has 0 saturated heterocycles. The van der Waals surface area contributed by atoms with Crippen molar-refractivity contribution >= 4 is 10.0 Å². The second-order valence-corrected chi connectivity index (χ2v) is 8.60. The minimum absolute atomic E-state index is 0.175. The molecule has 2 aromatic carbocycles. The molecule has 148 valence electrons. The molecule has 1 unspecified atom stereocenters. The van der Waals surface area contributed by atoms with Crippen LogP contribution in [0.4, 0.5) is 0 Å². The largest absolute Gasteiger partial charge is 0.383 e. The molecule has 2 N–H and O–H groups in total. The molecule has 0 radical (unpaired) electrons. The molecule has 0 saturated carbocycles. The number of aliphatic hydroxyl groups is 1. The van der Waals surface area contributed by atoms with Gasteiger partial charge in [0.1, 0.15) is 6.10 Å². The van der Waals surface area contributed by atoms with Gasteiger partial charge in [0.15, 0.2) is 5.82 Å². The fraction of sp³-hybridized carbons (Fsp3) is 0.316. The Hall–Kier alpha value is -2.62. The van der Waals surface area contributed by atoms with Gasteiger partial charge in [-0.2, -0.15) is 4.68 Å². The molecule has 0 bridgehead atoms. The number of nitrogens with one attached hydrogen (secondary N) is 1. The molecule has 9 heteroatoms. The van der Waals surface area contributed by atoms with Crippen LogP contribution in [0.2, 0.25) is 0 Å². The zero-order chi connectivity index (χ0) is 20.3. The number of benzene rings is 2. The van der Waals surface area contributed by atoms with Gasteiger partial charge in [-0.05, 0) is 47.4 Å². The zero-order valence-electron chi connectivity index (χ0n) is 15.9. The number of aliphatic hydroxyl groups excluding tert-OH is 1. The van der Waals surface area contributed by atoms with Crippen molar-refractivity contribution < 1.29 is 13.5 Å². The molecular formula is C19H23N5O3S. The van der Waals surface area contributed by atoms with Crippen molar-refractivity contribution in [1.82, 2.24) is 24.9 Å². The highest BCUT2D eigenvalue weighted by Gasteiger charge is 2.30. The molecule has 0 aliphatic carbocycles. The summed E-state index contributed by atoms with van der Waals surface area (Å²) in [5.41, 5.74) is 3.53. The summed E-state index contributed by atoms with van der Waals surface area (Å²) in [7, 11) is -3.56. The first-order valence-corrected chi connectivity index (χ1v) is 10.7. The van der Waals surface area contributed by atoms with Gasteiger partial charge < -0.3 is 5.11 Å². The Morgan fingerprint density at radius 1 is 1.07 bits per heavy atom. The monoisotopic (exact) mass is 401 g/mol. The molecule has 0 fully saturated rings. The van der Waals surface area contributed by atoms with Gasteiger partial charge in [0, 0.05) is 0 Å². The molecule has 0 aliphatic rings. The smallest absolute Gasteiger partial charge is 0.209 e. The van der Waals surface area contributed by atoms with Gasteiger partial charge >= 0.3 is 0 Å². The summed E-state index contributed by atoms with van der Waals surface area (Å²) in [6.07, 6.45) is 0.102. The van der Waals surface area contributed by atoms with Crippen molar-refractivity contribution in [3.8, 4) is 5.69 Å². The van der Waals surface area contributed by atoms with Gasteiger partial charge in [-0.25, -0.2) is 13.1 Å². The van der Waals surface area contributed by atoms with Crippen LogP contribution in [0.5, 0.6) is 0 Å². The first kappa shape index (κ1) is 20.1. The third-order valence-electron chi connectivity index (χ3n) is 4.45. The lowest BCUT2D eigenvalue weighted by Gasteiger charge is -2.23. The van der Waals surface area contributed by atoms with Crippen molar-refractivity contribution in [3.05, 3.63) is 71.0 Å². The third kappa shape index (κ3) is 4.61. The Bertz CT molecular complexity index is 1030. The van der Waals surface area contributed by atoms with Crippen LogP contribution in [0.15, 0.2) is 48.5 Å². The van der Waals surface area contributed by atoms with E-state index in [-0.39, 0.29) is 12.2 Å². The van der Waals surface area contributed by atoms with Gasteiger partial charge in [-0.3, -0.25) is 0 Å². The van der Waals surface area contributed by atoms with E-state index >= 15 is 0 Å². The standard InChI is InChI=1S/C19H23N5O3S/c1-13-8-7-9-14(2)17(13)24-19(20-22-23-24)18(25)16(21-28(3,26)27)12-15-10-5-4-6-11-15/h4-11,16,18,21,25H,12H2,1-3H3/t16-,18?/m0/s1. The van der Waals surface area contributed by atoms with Gasteiger partial charge in [-0.1, -0.05) is 48.5 Å². The number of hydrogen-bond acceptors (Lipinski definition) is 6. The Kier molecular flexibility index (Phi) is 5.87. The first-order valence-electron chi connectivity index (χ1n) is 8.80. The highest BCUT2D eigenvalue weighted by Crippen LogP contribution is 2.24. The molecule has 8 nitrogen and oxygen atoms in total. The highest BCUT2D eigenvalue weighted by molar-refractivity contribution is 7.88. The maximum Gasteiger partial charge on any atom is 0.209 e. The number of aromatic nitrogens is 4. The topological polar surface area (TPSA) is 110 Å². The molecule has 3 rings (SSSR count). The van der Waals surface area contributed by atoms with E-state index in [0.29, 0.717) is 0 Å². The van der Waals surface area contributed by atoms with Crippen LogP contribution in [0.25, 0.3) is 5.69 Å². The fourth-order valence-corrected chi connectivity index (χ4v) is 3.98. The molecule has 1 heterocycles. The molecule has 0 aliphatic heterocycles. The lowest BCUT2D eigenvalue weighted by Crippen LogP contribution is -2.41. The molecular weight excluding hydrogens is 378 g/mol. The third-order valence-corrected chi connectivity index (χ3v) is 5.19. The SMILES string of the molecule is Cc1cccc(C)c1-n1nnnc1C(O)[C@H](Cc1ccccc1)NS(C)(=O)=O. The second kappa shape index (κ2) is 8.17. The number of tetrazole rings is 1. The van der Waals surface area contributed by atoms with E-state index in [2.05, 4.69) is 20.2 Å². The Labute approximate surface area is 164 Å². The number of rotatable bonds is 7. The summed E-state index contributed by atoms with van der Waals surface area (Å²) >= 11 is 0. The predicted octanol–water partition coefficient (Wildman–Crippen LogP) is 1.47. The molecule has 28 heavy (non-hydrogen) atoms. The van der Waals surface area contributed by atoms with E-state index in [4.69, 9.17) is 0 Å². The van der Waals surface area contributed by atoms with Crippen molar-refractivity contribution in [2.75, 3.05) is 6.26 Å². The van der Waals surface area contributed by atoms with Crippen molar-refractivity contribution in [3.63, 3.8) is 0 Å². The summed E-state index contributed by atoms with van der Waals surface area (Å²) in [6, 6.07) is 14.3. The van der Waals surface area contributed by atoms with E-state index in [1.165, 1.54) is 4.68 Å². The van der Waals surface area contributed by atoms with E-state index in [0.717, 1.165) is 28.6 Å². The van der Waals surface area contributed by atoms with Crippen molar-refractivity contribution in [2.24, 2.45) is 0 Å². The van der Waals surface area contributed by atoms with E-state index in [1.54, 1.807) is 0 Å². The van der Waals surface area contributed by atoms with Crippen LogP contribution < -0.4 is 4.72 Å². The summed E-state index contributed by atoms with van der Waals surface area (Å²) in [5, 5.41) is 22.8. The summed E-state index contributed by atoms with van der Waals surface area (Å²) < 4.78 is 27.8. The maximum absolute atomic E-state index is 11.9. The predicted molar refractivity (Wildman–Crippen MR) is 106 cm³/mol. The first-order chi connectivity index (χ1) is 13.3. The number of sulfonamides is 1. The van der Waals surface area contributed by atoms with Crippen LogP contribution in [0, 0.1) is 13.8 Å². The Morgan fingerprint density at radius 2 is 1.71 bits per heavy atom. The van der Waals surface area contributed by atoms with Crippen molar-refractivity contribution in [2.45, 2.75) is 32.4 Å². The summed E-state index contributed by atoms with van der Waals surface area (Å²) in [4.78, 5) is 0. The Balaban J connectivity index is 2.00. The van der Waals surface area contributed by atoms with Gasteiger partial charge in [0.25, 0.3) is 0 Å². The highest BCUT2D eigenvalue weighted by atomic mass is 32.2. The van der Waals surface area contributed by atoms with Gasteiger partial charge in [0.05, 0.1) is 18.0 Å². The van der Waals surface area contributed by atoms with Gasteiger partial charge in [-0.15, -0.1) is 5.10 Å². The van der Waals surface area contributed by atoms with Crippen molar-refractivity contribution in [1.29, 1.82) is 0 Å². The lowest BCUT2D eigenvalue weighted by atomic mass is 10.0. The van der Waals surface area contributed by atoms with Crippen LogP contribution in [-0.4, -0.2) is 46.0 Å². The summed E-state index contributed by atoms with van der Waals surface area (Å²) in [5.74, 6) is 0.175. The van der Waals surface area contributed by atoms with Crippen LogP contribution >= 0.6 is 0 Å². The summed E-state index contributed by atoms with van der Waals surface area (Å²) in [6.45, 7) is 3.85. The fourth-order valence-electron chi connectivity index (χ4n) is 3.22. The number of aryl methyl sites for hydroxylation is 2. The maximum atomic E-state index is 11.9. The number of para-hydroxylation sites is 1. The minimum Gasteiger partial charge on any atom is -0.383 e. The van der Waals surface area contributed by atoms with Crippen LogP contribution in [0.3, 0.4) is 0 Å². The zero-order valence-corrected chi connectivity index (χ0v) is 16.8. The molecule has 0 amide bonds. The molecule has 2 atom stereocenters. The average molecular weight is 401 g/mol. The average Bonchev–Trinajstić information content (AvgIpc) is 3.09.